The van der Waals surface area contributed by atoms with Gasteiger partial charge in [-0.1, -0.05) is 61.9 Å². The average Bonchev–Trinajstić information content (AvgIpc) is 3.27. The maximum absolute atomic E-state index is 12.5. The molecule has 150 valence electrons. The number of anilines is 1. The highest BCUT2D eigenvalue weighted by Crippen LogP contribution is 2.26. The van der Waals surface area contributed by atoms with E-state index in [2.05, 4.69) is 47.1 Å². The molecule has 0 spiro atoms. The predicted molar refractivity (Wildman–Crippen MR) is 118 cm³/mol. The normalized spacial score (nSPS) is 11.5. The van der Waals surface area contributed by atoms with Crippen molar-refractivity contribution < 1.29 is 9.59 Å². The number of hydrogen-bond acceptors (Lipinski definition) is 3. The molecule has 3 rings (SSSR count). The zero-order chi connectivity index (χ0) is 20.5. The highest BCUT2D eigenvalue weighted by Gasteiger charge is 2.18. The fourth-order valence-corrected chi connectivity index (χ4v) is 3.81. The second kappa shape index (κ2) is 10.4. The molecule has 0 fully saturated rings. The molecular weight excluding hydrogens is 382 g/mol. The summed E-state index contributed by atoms with van der Waals surface area (Å²) in [4.78, 5) is 25.6. The van der Waals surface area contributed by atoms with Crippen molar-refractivity contribution in [1.29, 1.82) is 0 Å². The average molecular weight is 408 g/mol. The summed E-state index contributed by atoms with van der Waals surface area (Å²) in [7, 11) is 0. The molecule has 3 aromatic rings. The molecule has 1 heterocycles. The largest absolute Gasteiger partial charge is 0.343 e. The second-order valence-electron chi connectivity index (χ2n) is 6.68. The first-order chi connectivity index (χ1) is 14.2. The third-order valence-corrected chi connectivity index (χ3v) is 5.36. The van der Waals surface area contributed by atoms with Crippen LogP contribution in [0.25, 0.3) is 0 Å². The van der Waals surface area contributed by atoms with Crippen LogP contribution in [0.3, 0.4) is 0 Å². The summed E-state index contributed by atoms with van der Waals surface area (Å²) in [6, 6.07) is 20.8. The molecule has 0 unspecified atom stereocenters. The topological polar surface area (TPSA) is 70.2 Å². The smallest absolute Gasteiger partial charge is 0.319 e. The molecule has 0 aliphatic heterocycles. The van der Waals surface area contributed by atoms with Gasteiger partial charge in [-0.2, -0.15) is 0 Å². The highest BCUT2D eigenvalue weighted by molar-refractivity contribution is 7.10. The van der Waals surface area contributed by atoms with Gasteiger partial charge in [0, 0.05) is 10.6 Å². The van der Waals surface area contributed by atoms with E-state index in [1.54, 1.807) is 23.5 Å². The summed E-state index contributed by atoms with van der Waals surface area (Å²) in [5.41, 5.74) is 2.98. The van der Waals surface area contributed by atoms with Crippen LogP contribution in [0.15, 0.2) is 72.1 Å². The van der Waals surface area contributed by atoms with Crippen LogP contribution in [0, 0.1) is 0 Å². The summed E-state index contributed by atoms with van der Waals surface area (Å²) in [6.45, 7) is 2.05. The number of urea groups is 1. The van der Waals surface area contributed by atoms with Crippen molar-refractivity contribution in [3.8, 4) is 0 Å². The quantitative estimate of drug-likeness (QED) is 0.505. The van der Waals surface area contributed by atoms with Crippen molar-refractivity contribution in [1.82, 2.24) is 10.6 Å². The molecule has 0 radical (unpaired) electrons. The minimum Gasteiger partial charge on any atom is -0.343 e. The van der Waals surface area contributed by atoms with E-state index >= 15 is 0 Å². The molecule has 29 heavy (non-hydrogen) atoms. The van der Waals surface area contributed by atoms with Crippen molar-refractivity contribution in [2.24, 2.45) is 0 Å². The van der Waals surface area contributed by atoms with E-state index in [1.807, 2.05) is 35.7 Å². The summed E-state index contributed by atoms with van der Waals surface area (Å²) < 4.78 is 0. The highest BCUT2D eigenvalue weighted by atomic mass is 32.1. The SMILES string of the molecule is CCCc1ccc([C@H](NC(=O)CNC(=O)Nc2ccccc2)c2cccs2)cc1. The molecule has 6 heteroatoms. The Morgan fingerprint density at radius 2 is 1.72 bits per heavy atom. The molecule has 1 aromatic heterocycles. The minimum atomic E-state index is -0.414. The number of nitrogens with one attached hydrogen (secondary N) is 3. The number of hydrogen-bond donors (Lipinski definition) is 3. The summed E-state index contributed by atoms with van der Waals surface area (Å²) in [5, 5.41) is 10.3. The van der Waals surface area contributed by atoms with Gasteiger partial charge < -0.3 is 16.0 Å². The van der Waals surface area contributed by atoms with Gasteiger partial charge in [-0.15, -0.1) is 11.3 Å². The Morgan fingerprint density at radius 1 is 0.966 bits per heavy atom. The Bertz CT molecular complexity index is 909. The zero-order valence-corrected chi connectivity index (χ0v) is 17.2. The lowest BCUT2D eigenvalue weighted by Gasteiger charge is -2.19. The molecule has 3 amide bonds. The molecular formula is C23H25N3O2S. The third-order valence-electron chi connectivity index (χ3n) is 4.43. The van der Waals surface area contributed by atoms with Crippen molar-refractivity contribution in [2.75, 3.05) is 11.9 Å². The summed E-state index contributed by atoms with van der Waals surface area (Å²) >= 11 is 1.59. The fourth-order valence-electron chi connectivity index (χ4n) is 3.01. The molecule has 5 nitrogen and oxygen atoms in total. The van der Waals surface area contributed by atoms with Crippen LogP contribution in [0.4, 0.5) is 10.5 Å². The number of carbonyl (C=O) groups is 2. The Morgan fingerprint density at radius 3 is 2.38 bits per heavy atom. The van der Waals surface area contributed by atoms with Crippen molar-refractivity contribution in [2.45, 2.75) is 25.8 Å². The first kappa shape index (κ1) is 20.6. The lowest BCUT2D eigenvalue weighted by molar-refractivity contribution is -0.120. The molecule has 0 saturated heterocycles. The molecule has 1 atom stereocenters. The van der Waals surface area contributed by atoms with Gasteiger partial charge in [-0.3, -0.25) is 4.79 Å². The first-order valence-electron chi connectivity index (χ1n) is 9.67. The zero-order valence-electron chi connectivity index (χ0n) is 16.4. The number of amides is 3. The molecule has 2 aromatic carbocycles. The predicted octanol–water partition coefficient (Wildman–Crippen LogP) is 4.73. The summed E-state index contributed by atoms with van der Waals surface area (Å²) in [6.07, 6.45) is 2.14. The molecule has 3 N–H and O–H groups in total. The van der Waals surface area contributed by atoms with E-state index in [9.17, 15) is 9.59 Å². The molecule has 0 aliphatic rings. The second-order valence-corrected chi connectivity index (χ2v) is 7.66. The summed E-state index contributed by atoms with van der Waals surface area (Å²) in [5.74, 6) is -0.246. The lowest BCUT2D eigenvalue weighted by Crippen LogP contribution is -2.40. The molecule has 0 saturated carbocycles. The van der Waals surface area contributed by atoms with Crippen molar-refractivity contribution in [3.63, 3.8) is 0 Å². The number of thiophene rings is 1. The minimum absolute atomic E-state index is 0.103. The Balaban J connectivity index is 1.60. The van der Waals surface area contributed by atoms with Crippen LogP contribution in [0.5, 0.6) is 0 Å². The number of benzene rings is 2. The van der Waals surface area contributed by atoms with Gasteiger partial charge in [0.2, 0.25) is 5.91 Å². The number of rotatable bonds is 8. The van der Waals surface area contributed by atoms with Crippen LogP contribution >= 0.6 is 11.3 Å². The number of aryl methyl sites for hydroxylation is 1. The standard InChI is InChI=1S/C23H25N3O2S/c1-2-7-17-11-13-18(14-12-17)22(20-10-6-15-29-20)26-21(27)16-24-23(28)25-19-8-4-3-5-9-19/h3-6,8-15,22H,2,7,16H2,1H3,(H,26,27)(H2,24,25,28)/t22-/m0/s1. The van der Waals surface area contributed by atoms with Gasteiger partial charge in [-0.25, -0.2) is 4.79 Å². The number of para-hydroxylation sites is 1. The Labute approximate surface area is 175 Å². The Hall–Kier alpha value is -3.12. The first-order valence-corrected chi connectivity index (χ1v) is 10.5. The monoisotopic (exact) mass is 407 g/mol. The molecule has 0 bridgehead atoms. The van der Waals surface area contributed by atoms with E-state index < -0.39 is 6.03 Å². The third kappa shape index (κ3) is 6.19. The van der Waals surface area contributed by atoms with Crippen LogP contribution in [-0.4, -0.2) is 18.5 Å². The van der Waals surface area contributed by atoms with Gasteiger partial charge in [0.1, 0.15) is 0 Å². The van der Waals surface area contributed by atoms with Gasteiger partial charge in [-0.05, 0) is 41.1 Å². The maximum Gasteiger partial charge on any atom is 0.319 e. The van der Waals surface area contributed by atoms with Crippen LogP contribution in [0.2, 0.25) is 0 Å². The van der Waals surface area contributed by atoms with Gasteiger partial charge in [0.15, 0.2) is 0 Å². The van der Waals surface area contributed by atoms with E-state index in [-0.39, 0.29) is 18.5 Å². The van der Waals surface area contributed by atoms with Gasteiger partial charge >= 0.3 is 6.03 Å². The maximum atomic E-state index is 12.5. The van der Waals surface area contributed by atoms with Crippen LogP contribution < -0.4 is 16.0 Å². The van der Waals surface area contributed by atoms with E-state index in [4.69, 9.17) is 0 Å². The Kier molecular flexibility index (Phi) is 7.41. The van der Waals surface area contributed by atoms with E-state index in [0.29, 0.717) is 5.69 Å². The fraction of sp³-hybridized carbons (Fsp3) is 0.217. The lowest BCUT2D eigenvalue weighted by atomic mass is 10.0. The van der Waals surface area contributed by atoms with E-state index in [0.717, 1.165) is 23.3 Å². The van der Waals surface area contributed by atoms with Gasteiger partial charge in [0.25, 0.3) is 0 Å². The van der Waals surface area contributed by atoms with Crippen molar-refractivity contribution >= 4 is 29.0 Å². The van der Waals surface area contributed by atoms with Gasteiger partial charge in [0.05, 0.1) is 12.6 Å². The molecule has 0 aliphatic carbocycles. The van der Waals surface area contributed by atoms with Crippen LogP contribution in [0.1, 0.15) is 35.4 Å². The number of carbonyl (C=O) groups excluding carboxylic acids is 2. The van der Waals surface area contributed by atoms with Crippen LogP contribution in [-0.2, 0) is 11.2 Å². The van der Waals surface area contributed by atoms with E-state index in [1.165, 1.54) is 5.56 Å². The van der Waals surface area contributed by atoms with Crippen molar-refractivity contribution in [3.05, 3.63) is 88.1 Å².